The van der Waals surface area contributed by atoms with Gasteiger partial charge in [0, 0.05) is 35.1 Å². The van der Waals surface area contributed by atoms with E-state index in [0.29, 0.717) is 11.3 Å². The van der Waals surface area contributed by atoms with Crippen LogP contribution in [-0.4, -0.2) is 28.3 Å². The summed E-state index contributed by atoms with van der Waals surface area (Å²) in [6.45, 7) is 1.99. The number of alkyl halides is 3. The molecule has 158 valence electrons. The Hall–Kier alpha value is -3.63. The van der Waals surface area contributed by atoms with Crippen molar-refractivity contribution in [3.63, 3.8) is 0 Å². The number of carbonyl (C=O) groups excluding carboxylic acids is 1. The second-order valence-corrected chi connectivity index (χ2v) is 6.19. The molecule has 0 aliphatic rings. The monoisotopic (exact) mass is 422 g/mol. The van der Waals surface area contributed by atoms with Crippen LogP contribution in [-0.2, 0) is 24.1 Å². The second-order valence-electron chi connectivity index (χ2n) is 6.19. The summed E-state index contributed by atoms with van der Waals surface area (Å²) in [4.78, 5) is 19.4. The van der Waals surface area contributed by atoms with E-state index in [1.807, 2.05) is 13.0 Å². The van der Waals surface area contributed by atoms with Crippen molar-refractivity contribution < 1.29 is 32.0 Å². The zero-order chi connectivity index (χ0) is 21.7. The third-order valence-electron chi connectivity index (χ3n) is 3.98. The van der Waals surface area contributed by atoms with Gasteiger partial charge in [-0.05, 0) is 19.1 Å². The van der Waals surface area contributed by atoms with Crippen LogP contribution in [0.2, 0.25) is 0 Å². The third kappa shape index (κ3) is 5.25. The summed E-state index contributed by atoms with van der Waals surface area (Å²) in [6, 6.07) is 8.13. The Bertz CT molecular complexity index is 1020. The van der Waals surface area contributed by atoms with E-state index in [9.17, 15) is 18.0 Å². The van der Waals surface area contributed by atoms with Gasteiger partial charge in [0.1, 0.15) is 12.4 Å². The Kier molecular flexibility index (Phi) is 6.19. The first-order valence-electron chi connectivity index (χ1n) is 8.66. The summed E-state index contributed by atoms with van der Waals surface area (Å²) in [7, 11) is 1.39. The number of methoxy groups -OCH3 is 1. The minimum Gasteiger partial charge on any atom is -0.496 e. The number of rotatable bonds is 6. The number of benzene rings is 1. The number of carbonyl (C=O) groups is 1. The van der Waals surface area contributed by atoms with Gasteiger partial charge in [-0.15, -0.1) is 0 Å². The van der Waals surface area contributed by atoms with Crippen molar-refractivity contribution in [3.05, 3.63) is 59.2 Å². The highest BCUT2D eigenvalue weighted by Gasteiger charge is 2.38. The maximum absolute atomic E-state index is 12.6. The molecule has 1 aromatic carbocycles. The normalized spacial score (nSPS) is 11.2. The number of nitrogens with zero attached hydrogens (tertiary/aromatic N) is 3. The van der Waals surface area contributed by atoms with Crippen LogP contribution in [0.4, 0.5) is 18.0 Å². The number of alkyl carbamates (subject to hydrolysis) is 1. The van der Waals surface area contributed by atoms with Gasteiger partial charge in [-0.3, -0.25) is 4.98 Å². The first-order valence-corrected chi connectivity index (χ1v) is 8.66. The topological polar surface area (TPSA) is 99.4 Å². The van der Waals surface area contributed by atoms with Crippen molar-refractivity contribution in [1.82, 2.24) is 20.4 Å². The van der Waals surface area contributed by atoms with Crippen molar-refractivity contribution in [1.29, 1.82) is 0 Å². The van der Waals surface area contributed by atoms with Gasteiger partial charge in [0.05, 0.1) is 7.11 Å². The number of aromatic nitrogens is 3. The highest BCUT2D eigenvalue weighted by molar-refractivity contribution is 5.67. The first kappa shape index (κ1) is 21.1. The lowest BCUT2D eigenvalue weighted by molar-refractivity contribution is -0.159. The number of nitrogens with one attached hydrogen (secondary N) is 1. The molecule has 11 heteroatoms. The Morgan fingerprint density at radius 3 is 2.67 bits per heavy atom. The molecule has 0 aliphatic heterocycles. The summed E-state index contributed by atoms with van der Waals surface area (Å²) >= 11 is 0. The molecule has 0 aliphatic carbocycles. The summed E-state index contributed by atoms with van der Waals surface area (Å²) in [5, 5.41) is 5.91. The minimum absolute atomic E-state index is 0.0640. The Morgan fingerprint density at radius 2 is 2.03 bits per heavy atom. The van der Waals surface area contributed by atoms with E-state index in [1.165, 1.54) is 19.2 Å². The molecule has 3 rings (SSSR count). The van der Waals surface area contributed by atoms with Crippen molar-refractivity contribution in [3.8, 4) is 17.1 Å². The fraction of sp³-hybridized carbons (Fsp3) is 0.263. The van der Waals surface area contributed by atoms with E-state index >= 15 is 0 Å². The number of hydrogen-bond donors (Lipinski definition) is 1. The van der Waals surface area contributed by atoms with Gasteiger partial charge in [0.25, 0.3) is 0 Å². The smallest absolute Gasteiger partial charge is 0.471 e. The number of amides is 1. The summed E-state index contributed by atoms with van der Waals surface area (Å²) < 4.78 is 52.4. The van der Waals surface area contributed by atoms with Gasteiger partial charge < -0.3 is 19.3 Å². The van der Waals surface area contributed by atoms with E-state index < -0.39 is 18.2 Å². The molecule has 0 atom stereocenters. The minimum atomic E-state index is -4.73. The van der Waals surface area contributed by atoms with Crippen LogP contribution in [0.1, 0.15) is 22.7 Å². The average Bonchev–Trinajstić information content (AvgIpc) is 3.22. The van der Waals surface area contributed by atoms with E-state index in [2.05, 4.69) is 25.0 Å². The van der Waals surface area contributed by atoms with Crippen molar-refractivity contribution in [2.45, 2.75) is 26.3 Å². The van der Waals surface area contributed by atoms with E-state index in [0.717, 1.165) is 11.3 Å². The van der Waals surface area contributed by atoms with Crippen LogP contribution in [0.25, 0.3) is 11.4 Å². The molecule has 3 aromatic rings. The van der Waals surface area contributed by atoms with Crippen LogP contribution in [0.3, 0.4) is 0 Å². The number of pyridine rings is 1. The number of halogens is 3. The van der Waals surface area contributed by atoms with Gasteiger partial charge in [0.15, 0.2) is 0 Å². The molecule has 0 spiro atoms. The maximum atomic E-state index is 12.6. The van der Waals surface area contributed by atoms with Gasteiger partial charge in [0.2, 0.25) is 5.82 Å². The molecule has 1 N–H and O–H groups in total. The zero-order valence-corrected chi connectivity index (χ0v) is 16.0. The molecule has 0 saturated heterocycles. The zero-order valence-electron chi connectivity index (χ0n) is 16.0. The lowest BCUT2D eigenvalue weighted by Crippen LogP contribution is -2.23. The van der Waals surface area contributed by atoms with Gasteiger partial charge in [-0.1, -0.05) is 23.4 Å². The molecular weight excluding hydrogens is 405 g/mol. The SMILES string of the molecule is COc1cc(-c2noc(C(F)(F)F)n2)ccc1CNC(=O)OCc1ccc(C)nc1. The van der Waals surface area contributed by atoms with Gasteiger partial charge in [-0.2, -0.15) is 18.2 Å². The van der Waals surface area contributed by atoms with Crippen LogP contribution < -0.4 is 10.1 Å². The number of aryl methyl sites for hydroxylation is 1. The fourth-order valence-electron chi connectivity index (χ4n) is 2.44. The lowest BCUT2D eigenvalue weighted by atomic mass is 10.1. The molecule has 0 radical (unpaired) electrons. The van der Waals surface area contributed by atoms with Crippen LogP contribution >= 0.6 is 0 Å². The molecule has 0 unspecified atom stereocenters. The third-order valence-corrected chi connectivity index (χ3v) is 3.98. The highest BCUT2D eigenvalue weighted by atomic mass is 19.4. The van der Waals surface area contributed by atoms with E-state index in [1.54, 1.807) is 18.3 Å². The first-order chi connectivity index (χ1) is 14.3. The van der Waals surface area contributed by atoms with E-state index in [-0.39, 0.29) is 24.5 Å². The predicted molar refractivity (Wildman–Crippen MR) is 97.3 cm³/mol. The van der Waals surface area contributed by atoms with Crippen molar-refractivity contribution in [2.75, 3.05) is 7.11 Å². The summed E-state index contributed by atoms with van der Waals surface area (Å²) in [5.74, 6) is -1.34. The molecule has 8 nitrogen and oxygen atoms in total. The Labute approximate surface area is 169 Å². The average molecular weight is 422 g/mol. The maximum Gasteiger partial charge on any atom is 0.471 e. The van der Waals surface area contributed by atoms with Gasteiger partial charge in [-0.25, -0.2) is 4.79 Å². The molecular formula is C19H17F3N4O4. The van der Waals surface area contributed by atoms with Crippen molar-refractivity contribution in [2.24, 2.45) is 0 Å². The molecule has 0 fully saturated rings. The molecule has 2 aromatic heterocycles. The van der Waals surface area contributed by atoms with Gasteiger partial charge >= 0.3 is 18.2 Å². The quantitative estimate of drug-likeness (QED) is 0.643. The predicted octanol–water partition coefficient (Wildman–Crippen LogP) is 3.89. The molecule has 2 heterocycles. The van der Waals surface area contributed by atoms with Crippen LogP contribution in [0.5, 0.6) is 5.75 Å². The van der Waals surface area contributed by atoms with Crippen LogP contribution in [0.15, 0.2) is 41.1 Å². The van der Waals surface area contributed by atoms with Crippen LogP contribution in [0, 0.1) is 6.92 Å². The molecule has 30 heavy (non-hydrogen) atoms. The lowest BCUT2D eigenvalue weighted by Gasteiger charge is -2.11. The standard InChI is InChI=1S/C19H17F3N4O4/c1-11-3-4-12(8-23-11)10-29-18(27)24-9-14-6-5-13(7-15(14)28-2)16-25-17(30-26-16)19(20,21)22/h3-8H,9-10H2,1-2H3,(H,24,27). The second kappa shape index (κ2) is 8.80. The number of hydrogen-bond acceptors (Lipinski definition) is 7. The van der Waals surface area contributed by atoms with E-state index in [4.69, 9.17) is 9.47 Å². The Balaban J connectivity index is 1.61. The molecule has 0 saturated carbocycles. The van der Waals surface area contributed by atoms with Crippen molar-refractivity contribution >= 4 is 6.09 Å². The number of ether oxygens (including phenoxy) is 2. The molecule has 0 bridgehead atoms. The Morgan fingerprint density at radius 1 is 1.23 bits per heavy atom. The molecule has 1 amide bonds. The fourth-order valence-corrected chi connectivity index (χ4v) is 2.44. The largest absolute Gasteiger partial charge is 0.496 e. The summed E-state index contributed by atoms with van der Waals surface area (Å²) in [6.07, 6.45) is -3.75. The summed E-state index contributed by atoms with van der Waals surface area (Å²) in [5.41, 5.74) is 2.45. The highest BCUT2D eigenvalue weighted by Crippen LogP contribution is 2.31.